The number of carbonyl (C=O) groups is 3. The minimum atomic E-state index is -0.906. The zero-order valence-electron chi connectivity index (χ0n) is 18.8. The van der Waals surface area contributed by atoms with Crippen LogP contribution in [-0.4, -0.2) is 29.4 Å². The molecule has 0 aliphatic heterocycles. The zero-order valence-corrected chi connectivity index (χ0v) is 19.5. The van der Waals surface area contributed by atoms with Crippen molar-refractivity contribution >= 4 is 35.1 Å². The van der Waals surface area contributed by atoms with Crippen molar-refractivity contribution in [1.82, 2.24) is 5.32 Å². The van der Waals surface area contributed by atoms with E-state index >= 15 is 0 Å². The summed E-state index contributed by atoms with van der Waals surface area (Å²) < 4.78 is 19.4. The van der Waals surface area contributed by atoms with Gasteiger partial charge in [-0.25, -0.2) is 9.18 Å². The molecular formula is C24H28ClFN2O4. The molecule has 32 heavy (non-hydrogen) atoms. The number of amides is 2. The molecule has 0 radical (unpaired) electrons. The molecule has 0 bridgehead atoms. The summed E-state index contributed by atoms with van der Waals surface area (Å²) >= 11 is 6.05. The molecule has 0 saturated carbocycles. The summed E-state index contributed by atoms with van der Waals surface area (Å²) in [6.45, 7) is 8.98. The monoisotopic (exact) mass is 462 g/mol. The van der Waals surface area contributed by atoms with Gasteiger partial charge in [0.2, 0.25) is 5.91 Å². The van der Waals surface area contributed by atoms with E-state index in [2.05, 4.69) is 10.6 Å². The van der Waals surface area contributed by atoms with Crippen molar-refractivity contribution in [3.8, 4) is 0 Å². The highest BCUT2D eigenvalue weighted by Gasteiger charge is 2.27. The Kier molecular flexibility index (Phi) is 8.38. The first-order valence-electron chi connectivity index (χ1n) is 10.3. The summed E-state index contributed by atoms with van der Waals surface area (Å²) in [6.07, 6.45) is -0.382. The average Bonchev–Trinajstić information content (AvgIpc) is 2.66. The minimum absolute atomic E-state index is 0.0384. The molecule has 0 spiro atoms. The Hall–Kier alpha value is -2.93. The second-order valence-corrected chi connectivity index (χ2v) is 9.25. The first-order valence-corrected chi connectivity index (χ1v) is 10.6. The Morgan fingerprint density at radius 1 is 1.06 bits per heavy atom. The van der Waals surface area contributed by atoms with Gasteiger partial charge in [-0.1, -0.05) is 37.6 Å². The van der Waals surface area contributed by atoms with Crippen LogP contribution in [0.5, 0.6) is 0 Å². The van der Waals surface area contributed by atoms with E-state index in [1.54, 1.807) is 26.8 Å². The maximum atomic E-state index is 14.2. The van der Waals surface area contributed by atoms with Crippen molar-refractivity contribution < 1.29 is 23.5 Å². The van der Waals surface area contributed by atoms with E-state index in [4.69, 9.17) is 16.3 Å². The van der Waals surface area contributed by atoms with E-state index in [1.165, 1.54) is 36.4 Å². The predicted octanol–water partition coefficient (Wildman–Crippen LogP) is 5.59. The van der Waals surface area contributed by atoms with Crippen molar-refractivity contribution in [2.75, 3.05) is 5.32 Å². The molecule has 0 aromatic heterocycles. The van der Waals surface area contributed by atoms with Crippen LogP contribution in [0.1, 0.15) is 57.0 Å². The van der Waals surface area contributed by atoms with Gasteiger partial charge < -0.3 is 15.4 Å². The van der Waals surface area contributed by atoms with E-state index in [1.807, 2.05) is 13.8 Å². The number of halogens is 2. The number of nitrogens with one attached hydrogen (secondary N) is 2. The number of alkyl carbamates (subject to hydrolysis) is 1. The first-order chi connectivity index (χ1) is 14.9. The Morgan fingerprint density at radius 2 is 1.72 bits per heavy atom. The molecule has 6 nitrogen and oxygen atoms in total. The number of hydrogen-bond donors (Lipinski definition) is 2. The summed E-state index contributed by atoms with van der Waals surface area (Å²) in [6, 6.07) is 8.99. The molecule has 2 aromatic rings. The molecule has 1 atom stereocenters. The van der Waals surface area contributed by atoms with Gasteiger partial charge in [0.1, 0.15) is 17.5 Å². The summed E-state index contributed by atoms with van der Waals surface area (Å²) in [5.41, 5.74) is -0.668. The van der Waals surface area contributed by atoms with Crippen LogP contribution in [-0.2, 0) is 9.53 Å². The molecule has 0 aliphatic rings. The van der Waals surface area contributed by atoms with E-state index in [-0.39, 0.29) is 27.8 Å². The van der Waals surface area contributed by atoms with Crippen molar-refractivity contribution in [3.63, 3.8) is 0 Å². The number of hydrogen-bond acceptors (Lipinski definition) is 4. The third-order valence-corrected chi connectivity index (χ3v) is 4.55. The molecule has 2 rings (SSSR count). The Balaban J connectivity index is 2.31. The largest absolute Gasteiger partial charge is 0.444 e. The van der Waals surface area contributed by atoms with E-state index < -0.39 is 35.2 Å². The van der Waals surface area contributed by atoms with Gasteiger partial charge in [0, 0.05) is 10.6 Å². The van der Waals surface area contributed by atoms with Crippen molar-refractivity contribution in [2.45, 2.75) is 52.7 Å². The Bertz CT molecular complexity index is 1000. The standard InChI is InChI=1S/C24H28ClFN2O4/c1-14(2)12-20(28-23(31)32-24(3,4)5)22(30)27-19-11-10-15(25)13-17(19)21(29)16-8-6-7-9-18(16)26/h6-11,13-14,20H,12H2,1-5H3,(H,27,30)(H,28,31)/t20-/m0/s1. The smallest absolute Gasteiger partial charge is 0.408 e. The topological polar surface area (TPSA) is 84.5 Å². The fourth-order valence-electron chi connectivity index (χ4n) is 2.98. The van der Waals surface area contributed by atoms with Gasteiger partial charge in [0.05, 0.1) is 11.3 Å². The number of ketones is 1. The molecule has 8 heteroatoms. The summed E-state index contributed by atoms with van der Waals surface area (Å²) in [5, 5.41) is 5.51. The van der Waals surface area contributed by atoms with Crippen LogP contribution in [0.2, 0.25) is 5.02 Å². The highest BCUT2D eigenvalue weighted by molar-refractivity contribution is 6.31. The zero-order chi connectivity index (χ0) is 24.1. The van der Waals surface area contributed by atoms with Gasteiger partial charge in [-0.2, -0.15) is 0 Å². The highest BCUT2D eigenvalue weighted by Crippen LogP contribution is 2.25. The van der Waals surface area contributed by atoms with Crippen LogP contribution in [0.15, 0.2) is 42.5 Å². The van der Waals surface area contributed by atoms with Crippen LogP contribution in [0.3, 0.4) is 0 Å². The number of benzene rings is 2. The predicted molar refractivity (Wildman–Crippen MR) is 123 cm³/mol. The van der Waals surface area contributed by atoms with Crippen LogP contribution in [0.4, 0.5) is 14.9 Å². The van der Waals surface area contributed by atoms with Crippen LogP contribution >= 0.6 is 11.6 Å². The fourth-order valence-corrected chi connectivity index (χ4v) is 3.15. The molecule has 0 unspecified atom stereocenters. The lowest BCUT2D eigenvalue weighted by Gasteiger charge is -2.24. The summed E-state index contributed by atoms with van der Waals surface area (Å²) in [4.78, 5) is 38.2. The van der Waals surface area contributed by atoms with Crippen LogP contribution in [0, 0.1) is 11.7 Å². The maximum absolute atomic E-state index is 14.2. The second-order valence-electron chi connectivity index (χ2n) is 8.82. The summed E-state index contributed by atoms with van der Waals surface area (Å²) in [5.74, 6) is -1.75. The van der Waals surface area contributed by atoms with Crippen LogP contribution < -0.4 is 10.6 Å². The number of ether oxygens (including phenoxy) is 1. The second kappa shape index (κ2) is 10.6. The van der Waals surface area contributed by atoms with Gasteiger partial charge in [0.25, 0.3) is 0 Å². The van der Waals surface area contributed by atoms with E-state index in [0.717, 1.165) is 0 Å². The number of carbonyl (C=O) groups excluding carboxylic acids is 3. The molecule has 2 N–H and O–H groups in total. The molecule has 2 amide bonds. The van der Waals surface area contributed by atoms with E-state index in [9.17, 15) is 18.8 Å². The van der Waals surface area contributed by atoms with Crippen molar-refractivity contribution in [2.24, 2.45) is 5.92 Å². The SMILES string of the molecule is CC(C)C[C@H](NC(=O)OC(C)(C)C)C(=O)Nc1ccc(Cl)cc1C(=O)c1ccccc1F. The molecular weight excluding hydrogens is 435 g/mol. The summed E-state index contributed by atoms with van der Waals surface area (Å²) in [7, 11) is 0. The molecule has 0 heterocycles. The van der Waals surface area contributed by atoms with Crippen LogP contribution in [0.25, 0.3) is 0 Å². The highest BCUT2D eigenvalue weighted by atomic mass is 35.5. The lowest BCUT2D eigenvalue weighted by atomic mass is 10.00. The van der Waals surface area contributed by atoms with Crippen molar-refractivity contribution in [3.05, 3.63) is 64.4 Å². The first kappa shape index (κ1) is 25.3. The van der Waals surface area contributed by atoms with Gasteiger partial charge in [-0.3, -0.25) is 9.59 Å². The number of rotatable bonds is 7. The molecule has 172 valence electrons. The third-order valence-electron chi connectivity index (χ3n) is 4.32. The minimum Gasteiger partial charge on any atom is -0.444 e. The van der Waals surface area contributed by atoms with Gasteiger partial charge in [-0.05, 0) is 63.4 Å². The van der Waals surface area contributed by atoms with Crippen molar-refractivity contribution in [1.29, 1.82) is 0 Å². The fraction of sp³-hybridized carbons (Fsp3) is 0.375. The van der Waals surface area contributed by atoms with E-state index in [0.29, 0.717) is 6.42 Å². The molecule has 0 fully saturated rings. The Morgan fingerprint density at radius 3 is 2.31 bits per heavy atom. The lowest BCUT2D eigenvalue weighted by Crippen LogP contribution is -2.46. The molecule has 0 aliphatic carbocycles. The molecule has 2 aromatic carbocycles. The Labute approximate surface area is 192 Å². The number of anilines is 1. The quantitative estimate of drug-likeness (QED) is 0.525. The third kappa shape index (κ3) is 7.34. The van der Waals surface area contributed by atoms with Gasteiger partial charge in [-0.15, -0.1) is 0 Å². The lowest BCUT2D eigenvalue weighted by molar-refractivity contribution is -0.118. The van der Waals surface area contributed by atoms with Gasteiger partial charge >= 0.3 is 6.09 Å². The normalized spacial score (nSPS) is 12.2. The maximum Gasteiger partial charge on any atom is 0.408 e. The molecule has 0 saturated heterocycles. The average molecular weight is 463 g/mol. The van der Waals surface area contributed by atoms with Gasteiger partial charge in [0.15, 0.2) is 5.78 Å².